The number of hydrogen-bond acceptors (Lipinski definition) is 2. The van der Waals surface area contributed by atoms with E-state index in [0.717, 1.165) is 0 Å². The molecule has 0 saturated heterocycles. The number of aliphatic hydroxyl groups is 1. The van der Waals surface area contributed by atoms with Crippen LogP contribution in [-0.4, -0.2) is 17.0 Å². The van der Waals surface area contributed by atoms with Crippen molar-refractivity contribution in [2.45, 2.75) is 26.9 Å². The van der Waals surface area contributed by atoms with Crippen LogP contribution >= 0.6 is 0 Å². The highest BCUT2D eigenvalue weighted by molar-refractivity contribution is 5.99. The average Bonchev–Trinajstić information content (AvgIpc) is 2.15. The van der Waals surface area contributed by atoms with Gasteiger partial charge in [-0.3, -0.25) is 4.79 Å². The highest BCUT2D eigenvalue weighted by Crippen LogP contribution is 2.23. The van der Waals surface area contributed by atoms with Crippen LogP contribution < -0.4 is 0 Å². The van der Waals surface area contributed by atoms with Crippen molar-refractivity contribution in [3.63, 3.8) is 0 Å². The van der Waals surface area contributed by atoms with E-state index >= 15 is 0 Å². The number of carbonyl (C=O) groups excluding carboxylic acids is 1. The molecule has 1 atom stereocenters. The van der Waals surface area contributed by atoms with Crippen molar-refractivity contribution >= 4 is 5.78 Å². The van der Waals surface area contributed by atoms with Crippen LogP contribution in [0.15, 0.2) is 24.3 Å². The molecule has 0 aromatic heterocycles. The Balaban J connectivity index is 3.01. The van der Waals surface area contributed by atoms with Gasteiger partial charge in [0.25, 0.3) is 0 Å². The van der Waals surface area contributed by atoms with Gasteiger partial charge in [0.05, 0.1) is 5.56 Å². The zero-order valence-electron chi connectivity index (χ0n) is 9.12. The lowest BCUT2D eigenvalue weighted by Gasteiger charge is -2.24. The Labute approximate surface area is 88.7 Å². The maximum atomic E-state index is 13.3. The molecule has 82 valence electrons. The Morgan fingerprint density at radius 3 is 2.33 bits per heavy atom. The molecule has 1 unspecified atom stereocenters. The van der Waals surface area contributed by atoms with Crippen molar-refractivity contribution in [2.75, 3.05) is 0 Å². The van der Waals surface area contributed by atoms with E-state index in [9.17, 15) is 14.3 Å². The van der Waals surface area contributed by atoms with Gasteiger partial charge in [-0.15, -0.1) is 0 Å². The molecule has 1 aromatic rings. The molecule has 1 aromatic carbocycles. The summed E-state index contributed by atoms with van der Waals surface area (Å²) in [4.78, 5) is 11.7. The largest absolute Gasteiger partial charge is 0.384 e. The molecule has 0 fully saturated rings. The standard InChI is InChI=1S/C12H15FO2/c1-12(2,3)11(15)10(14)8-6-4-5-7-9(8)13/h4-7,11,15H,1-3H3. The van der Waals surface area contributed by atoms with Crippen LogP contribution in [0.2, 0.25) is 0 Å². The van der Waals surface area contributed by atoms with Gasteiger partial charge in [0.15, 0.2) is 5.78 Å². The first-order valence-electron chi connectivity index (χ1n) is 4.81. The molecule has 1 rings (SSSR count). The third kappa shape index (κ3) is 2.63. The SMILES string of the molecule is CC(C)(C)C(O)C(=O)c1ccccc1F. The summed E-state index contributed by atoms with van der Waals surface area (Å²) in [5, 5.41) is 9.72. The minimum absolute atomic E-state index is 0.0556. The molecule has 0 spiro atoms. The summed E-state index contributed by atoms with van der Waals surface area (Å²) in [6, 6.07) is 5.68. The molecular weight excluding hydrogens is 195 g/mol. The number of Topliss-reactive ketones (excluding diaryl/α,β-unsaturated/α-hetero) is 1. The fraction of sp³-hybridized carbons (Fsp3) is 0.417. The van der Waals surface area contributed by atoms with Gasteiger partial charge in [-0.2, -0.15) is 0 Å². The second-order valence-corrected chi connectivity index (χ2v) is 4.61. The number of aliphatic hydroxyl groups excluding tert-OH is 1. The van der Waals surface area contributed by atoms with Crippen molar-refractivity contribution in [3.05, 3.63) is 35.6 Å². The average molecular weight is 210 g/mol. The van der Waals surface area contributed by atoms with Gasteiger partial charge < -0.3 is 5.11 Å². The number of ketones is 1. The van der Waals surface area contributed by atoms with E-state index < -0.39 is 23.1 Å². The lowest BCUT2D eigenvalue weighted by molar-refractivity contribution is 0.0439. The molecule has 0 bridgehead atoms. The second kappa shape index (κ2) is 4.11. The first-order chi connectivity index (χ1) is 6.84. The summed E-state index contributed by atoms with van der Waals surface area (Å²) >= 11 is 0. The second-order valence-electron chi connectivity index (χ2n) is 4.61. The highest BCUT2D eigenvalue weighted by Gasteiger charge is 2.30. The van der Waals surface area contributed by atoms with E-state index in [1.165, 1.54) is 18.2 Å². The summed E-state index contributed by atoms with van der Waals surface area (Å²) < 4.78 is 13.3. The summed E-state index contributed by atoms with van der Waals surface area (Å²) in [6.45, 7) is 5.20. The van der Waals surface area contributed by atoms with Crippen LogP contribution in [0.5, 0.6) is 0 Å². The minimum Gasteiger partial charge on any atom is -0.384 e. The molecule has 0 aliphatic carbocycles. The maximum Gasteiger partial charge on any atom is 0.194 e. The van der Waals surface area contributed by atoms with Gasteiger partial charge in [0.1, 0.15) is 11.9 Å². The molecule has 2 nitrogen and oxygen atoms in total. The fourth-order valence-electron chi connectivity index (χ4n) is 1.20. The van der Waals surface area contributed by atoms with Crippen molar-refractivity contribution in [3.8, 4) is 0 Å². The number of carbonyl (C=O) groups is 1. The lowest BCUT2D eigenvalue weighted by atomic mass is 9.84. The predicted molar refractivity (Wildman–Crippen MR) is 56.2 cm³/mol. The molecule has 1 N–H and O–H groups in total. The van der Waals surface area contributed by atoms with Gasteiger partial charge in [0, 0.05) is 0 Å². The first-order valence-corrected chi connectivity index (χ1v) is 4.81. The van der Waals surface area contributed by atoms with Crippen molar-refractivity contribution in [2.24, 2.45) is 5.41 Å². The lowest BCUT2D eigenvalue weighted by Crippen LogP contribution is -2.34. The molecule has 0 radical (unpaired) electrons. The van der Waals surface area contributed by atoms with Crippen LogP contribution in [0, 0.1) is 11.2 Å². The molecule has 3 heteroatoms. The summed E-state index contributed by atoms with van der Waals surface area (Å²) in [5.41, 5.74) is -0.640. The third-order valence-corrected chi connectivity index (χ3v) is 2.21. The number of halogens is 1. The Bertz CT molecular complexity index is 366. The molecule has 0 amide bonds. The number of benzene rings is 1. The van der Waals surface area contributed by atoms with Crippen LogP contribution in [0.3, 0.4) is 0 Å². The van der Waals surface area contributed by atoms with Crippen LogP contribution in [0.4, 0.5) is 4.39 Å². The Kier molecular flexibility index (Phi) is 3.25. The van der Waals surface area contributed by atoms with Crippen molar-refractivity contribution < 1.29 is 14.3 Å². The van der Waals surface area contributed by atoms with Gasteiger partial charge >= 0.3 is 0 Å². The van der Waals surface area contributed by atoms with E-state index in [4.69, 9.17) is 0 Å². The van der Waals surface area contributed by atoms with Gasteiger partial charge in [-0.25, -0.2) is 4.39 Å². The molecule has 0 aliphatic rings. The van der Waals surface area contributed by atoms with Crippen LogP contribution in [-0.2, 0) is 0 Å². The highest BCUT2D eigenvalue weighted by atomic mass is 19.1. The van der Waals surface area contributed by atoms with Gasteiger partial charge in [-0.1, -0.05) is 32.9 Å². The van der Waals surface area contributed by atoms with E-state index in [1.54, 1.807) is 26.8 Å². The van der Waals surface area contributed by atoms with Gasteiger partial charge in [0.2, 0.25) is 0 Å². The normalized spacial score (nSPS) is 13.7. The van der Waals surface area contributed by atoms with E-state index in [-0.39, 0.29) is 5.56 Å². The summed E-state index contributed by atoms with van der Waals surface area (Å²) in [7, 11) is 0. The third-order valence-electron chi connectivity index (χ3n) is 2.21. The molecule has 0 saturated carbocycles. The Hall–Kier alpha value is -1.22. The molecular formula is C12H15FO2. The summed E-state index contributed by atoms with van der Waals surface area (Å²) in [5.74, 6) is -1.16. The van der Waals surface area contributed by atoms with E-state index in [1.807, 2.05) is 0 Å². The topological polar surface area (TPSA) is 37.3 Å². The zero-order valence-corrected chi connectivity index (χ0v) is 9.12. The van der Waals surface area contributed by atoms with E-state index in [0.29, 0.717) is 0 Å². The Morgan fingerprint density at radius 1 is 1.33 bits per heavy atom. The fourth-order valence-corrected chi connectivity index (χ4v) is 1.20. The summed E-state index contributed by atoms with van der Waals surface area (Å²) in [6.07, 6.45) is -1.19. The van der Waals surface area contributed by atoms with Gasteiger partial charge in [-0.05, 0) is 17.5 Å². The maximum absolute atomic E-state index is 13.3. The first kappa shape index (κ1) is 11.9. The van der Waals surface area contributed by atoms with Crippen molar-refractivity contribution in [1.82, 2.24) is 0 Å². The van der Waals surface area contributed by atoms with Crippen LogP contribution in [0.25, 0.3) is 0 Å². The van der Waals surface area contributed by atoms with Crippen molar-refractivity contribution in [1.29, 1.82) is 0 Å². The molecule has 0 aliphatic heterocycles. The van der Waals surface area contributed by atoms with E-state index in [2.05, 4.69) is 0 Å². The quantitative estimate of drug-likeness (QED) is 0.761. The number of hydrogen-bond donors (Lipinski definition) is 1. The zero-order chi connectivity index (χ0) is 11.6. The minimum atomic E-state index is -1.19. The van der Waals surface area contributed by atoms with Crippen LogP contribution in [0.1, 0.15) is 31.1 Å². The molecule has 0 heterocycles. The number of rotatable bonds is 2. The smallest absolute Gasteiger partial charge is 0.194 e. The molecule has 15 heavy (non-hydrogen) atoms. The Morgan fingerprint density at radius 2 is 1.87 bits per heavy atom. The predicted octanol–water partition coefficient (Wildman–Crippen LogP) is 2.42. The monoisotopic (exact) mass is 210 g/mol.